The van der Waals surface area contributed by atoms with E-state index in [9.17, 15) is 4.79 Å². The number of aryl methyl sites for hydroxylation is 1. The van der Waals surface area contributed by atoms with Crippen molar-refractivity contribution >= 4 is 22.6 Å². The fraction of sp³-hybridized carbons (Fsp3) is 0.667. The highest BCUT2D eigenvalue weighted by Crippen LogP contribution is 2.16. The molecular weight excluding hydrogens is 214 g/mol. The van der Waals surface area contributed by atoms with Crippen LogP contribution in [0.4, 0.5) is 5.13 Å². The molecule has 1 rings (SSSR count). The standard InChI is InChI=1S/C9H15N3O2S/c1-4-7-10-9(15-11-7)12(5-2)6-8(13)14-3/h4-6H2,1-3H3. The van der Waals surface area contributed by atoms with Gasteiger partial charge in [-0.2, -0.15) is 4.37 Å². The summed E-state index contributed by atoms with van der Waals surface area (Å²) in [6, 6.07) is 0. The molecule has 0 aliphatic rings. The van der Waals surface area contributed by atoms with E-state index in [0.29, 0.717) is 6.54 Å². The van der Waals surface area contributed by atoms with Crippen molar-refractivity contribution in [2.24, 2.45) is 0 Å². The van der Waals surface area contributed by atoms with Gasteiger partial charge in [-0.1, -0.05) is 6.92 Å². The summed E-state index contributed by atoms with van der Waals surface area (Å²) < 4.78 is 8.79. The first-order valence-corrected chi connectivity index (χ1v) is 5.62. The number of aromatic nitrogens is 2. The van der Waals surface area contributed by atoms with Crippen LogP contribution in [-0.2, 0) is 16.0 Å². The lowest BCUT2D eigenvalue weighted by Crippen LogP contribution is -2.30. The molecule has 0 bridgehead atoms. The van der Waals surface area contributed by atoms with Gasteiger partial charge in [-0.05, 0) is 6.92 Å². The molecule has 0 spiro atoms. The van der Waals surface area contributed by atoms with Gasteiger partial charge in [-0.3, -0.25) is 4.79 Å². The predicted molar refractivity (Wildman–Crippen MR) is 59.2 cm³/mol. The molecular formula is C9H15N3O2S. The van der Waals surface area contributed by atoms with Crippen LogP contribution < -0.4 is 4.90 Å². The first-order chi connectivity index (χ1) is 7.21. The molecule has 0 amide bonds. The number of likely N-dealkylation sites (N-methyl/N-ethyl adjacent to an activating group) is 1. The zero-order valence-corrected chi connectivity index (χ0v) is 10.0. The molecule has 6 heteroatoms. The number of methoxy groups -OCH3 is 1. The molecule has 1 aromatic rings. The highest BCUT2D eigenvalue weighted by Gasteiger charge is 2.14. The maximum atomic E-state index is 11.1. The highest BCUT2D eigenvalue weighted by molar-refractivity contribution is 7.09. The Bertz CT molecular complexity index is 327. The maximum absolute atomic E-state index is 11.1. The molecule has 0 aromatic carbocycles. The molecule has 0 saturated carbocycles. The normalized spacial score (nSPS) is 10.1. The Balaban J connectivity index is 2.69. The molecule has 5 nitrogen and oxygen atoms in total. The first-order valence-electron chi connectivity index (χ1n) is 4.85. The van der Waals surface area contributed by atoms with Gasteiger partial charge in [0.05, 0.1) is 7.11 Å². The van der Waals surface area contributed by atoms with Crippen LogP contribution in [0.5, 0.6) is 0 Å². The van der Waals surface area contributed by atoms with Crippen LogP contribution in [0, 0.1) is 0 Å². The van der Waals surface area contributed by atoms with Crippen LogP contribution in [-0.4, -0.2) is 35.5 Å². The summed E-state index contributed by atoms with van der Waals surface area (Å²) in [5.74, 6) is 0.559. The lowest BCUT2D eigenvalue weighted by molar-refractivity contribution is -0.138. The number of ether oxygens (including phenoxy) is 1. The summed E-state index contributed by atoms with van der Waals surface area (Å²) in [4.78, 5) is 17.3. The average Bonchev–Trinajstić information content (AvgIpc) is 2.73. The van der Waals surface area contributed by atoms with E-state index in [1.165, 1.54) is 18.6 Å². The van der Waals surface area contributed by atoms with Crippen molar-refractivity contribution < 1.29 is 9.53 Å². The SMILES string of the molecule is CCc1nsc(N(CC)CC(=O)OC)n1. The zero-order valence-electron chi connectivity index (χ0n) is 9.19. The first kappa shape index (κ1) is 11.9. The van der Waals surface area contributed by atoms with Crippen molar-refractivity contribution in [1.29, 1.82) is 0 Å². The van der Waals surface area contributed by atoms with E-state index >= 15 is 0 Å². The smallest absolute Gasteiger partial charge is 0.325 e. The van der Waals surface area contributed by atoms with Crippen LogP contribution in [0.1, 0.15) is 19.7 Å². The van der Waals surface area contributed by atoms with Crippen LogP contribution in [0.3, 0.4) is 0 Å². The minimum atomic E-state index is -0.259. The van der Waals surface area contributed by atoms with Gasteiger partial charge >= 0.3 is 5.97 Å². The molecule has 0 radical (unpaired) electrons. The van der Waals surface area contributed by atoms with E-state index in [1.807, 2.05) is 18.7 Å². The number of hydrogen-bond acceptors (Lipinski definition) is 6. The van der Waals surface area contributed by atoms with Gasteiger partial charge in [0.15, 0.2) is 0 Å². The van der Waals surface area contributed by atoms with E-state index in [1.54, 1.807) is 0 Å². The second kappa shape index (κ2) is 5.65. The third-order valence-corrected chi connectivity index (χ3v) is 2.79. The van der Waals surface area contributed by atoms with Crippen molar-refractivity contribution in [2.45, 2.75) is 20.3 Å². The maximum Gasteiger partial charge on any atom is 0.325 e. The van der Waals surface area contributed by atoms with Gasteiger partial charge in [0.25, 0.3) is 0 Å². The summed E-state index contributed by atoms with van der Waals surface area (Å²) in [6.45, 7) is 4.91. The summed E-state index contributed by atoms with van der Waals surface area (Å²) in [7, 11) is 1.38. The number of nitrogens with zero attached hydrogens (tertiary/aromatic N) is 3. The van der Waals surface area contributed by atoms with Gasteiger partial charge < -0.3 is 9.64 Å². The molecule has 0 saturated heterocycles. The van der Waals surface area contributed by atoms with Crippen molar-refractivity contribution in [1.82, 2.24) is 9.36 Å². The Hall–Kier alpha value is -1.17. The Morgan fingerprint density at radius 1 is 1.53 bits per heavy atom. The van der Waals surface area contributed by atoms with Gasteiger partial charge in [-0.15, -0.1) is 0 Å². The van der Waals surface area contributed by atoms with Crippen molar-refractivity contribution in [3.63, 3.8) is 0 Å². The van der Waals surface area contributed by atoms with Gasteiger partial charge in [0, 0.05) is 24.5 Å². The summed E-state index contributed by atoms with van der Waals surface area (Å²) >= 11 is 1.32. The molecule has 0 N–H and O–H groups in total. The molecule has 0 fully saturated rings. The van der Waals surface area contributed by atoms with Crippen molar-refractivity contribution in [2.75, 3.05) is 25.1 Å². The van der Waals surface area contributed by atoms with Crippen LogP contribution in [0.15, 0.2) is 0 Å². The zero-order chi connectivity index (χ0) is 11.3. The highest BCUT2D eigenvalue weighted by atomic mass is 32.1. The molecule has 0 aliphatic heterocycles. The average molecular weight is 229 g/mol. The summed E-state index contributed by atoms with van der Waals surface area (Å²) in [5.41, 5.74) is 0. The van der Waals surface area contributed by atoms with Crippen molar-refractivity contribution in [3.05, 3.63) is 5.82 Å². The van der Waals surface area contributed by atoms with E-state index in [0.717, 1.165) is 17.4 Å². The molecule has 0 atom stereocenters. The summed E-state index contributed by atoms with van der Waals surface area (Å²) in [5, 5.41) is 0.778. The largest absolute Gasteiger partial charge is 0.468 e. The topological polar surface area (TPSA) is 55.3 Å². The Morgan fingerprint density at radius 2 is 2.27 bits per heavy atom. The second-order valence-electron chi connectivity index (χ2n) is 2.94. The van der Waals surface area contributed by atoms with Crippen LogP contribution >= 0.6 is 11.5 Å². The third kappa shape index (κ3) is 3.16. The van der Waals surface area contributed by atoms with E-state index < -0.39 is 0 Å². The quantitative estimate of drug-likeness (QED) is 0.708. The second-order valence-corrected chi connectivity index (χ2v) is 3.67. The molecule has 0 aliphatic carbocycles. The van der Waals surface area contributed by atoms with E-state index in [2.05, 4.69) is 14.1 Å². The Labute approximate surface area is 93.2 Å². The van der Waals surface area contributed by atoms with E-state index in [4.69, 9.17) is 0 Å². The molecule has 1 aromatic heterocycles. The number of anilines is 1. The third-order valence-electron chi connectivity index (χ3n) is 1.97. The van der Waals surface area contributed by atoms with Gasteiger partial charge in [-0.25, -0.2) is 4.98 Å². The predicted octanol–water partition coefficient (Wildman–Crippen LogP) is 1.10. The van der Waals surface area contributed by atoms with Crippen LogP contribution in [0.25, 0.3) is 0 Å². The number of rotatable bonds is 5. The molecule has 1 heterocycles. The number of carbonyl (C=O) groups excluding carboxylic acids is 1. The van der Waals surface area contributed by atoms with Crippen LogP contribution in [0.2, 0.25) is 0 Å². The number of carbonyl (C=O) groups is 1. The Kier molecular flexibility index (Phi) is 4.48. The molecule has 84 valence electrons. The molecule has 15 heavy (non-hydrogen) atoms. The summed E-state index contributed by atoms with van der Waals surface area (Å²) in [6.07, 6.45) is 0.812. The monoisotopic (exact) mass is 229 g/mol. The minimum Gasteiger partial charge on any atom is -0.468 e. The molecule has 0 unspecified atom stereocenters. The fourth-order valence-corrected chi connectivity index (χ4v) is 1.86. The van der Waals surface area contributed by atoms with Crippen molar-refractivity contribution in [3.8, 4) is 0 Å². The number of esters is 1. The Morgan fingerprint density at radius 3 is 2.73 bits per heavy atom. The van der Waals surface area contributed by atoms with Gasteiger partial charge in [0.1, 0.15) is 12.4 Å². The lowest BCUT2D eigenvalue weighted by atomic mass is 10.5. The minimum absolute atomic E-state index is 0.228. The van der Waals surface area contributed by atoms with E-state index in [-0.39, 0.29) is 12.5 Å². The van der Waals surface area contributed by atoms with Gasteiger partial charge in [0.2, 0.25) is 5.13 Å². The number of hydrogen-bond donors (Lipinski definition) is 0. The lowest BCUT2D eigenvalue weighted by Gasteiger charge is -2.16. The fourth-order valence-electron chi connectivity index (χ4n) is 1.05.